The van der Waals surface area contributed by atoms with Crippen LogP contribution in [0.3, 0.4) is 0 Å². The average molecular weight is 202 g/mol. The summed E-state index contributed by atoms with van der Waals surface area (Å²) in [6.07, 6.45) is 5.58. The first-order valence-corrected chi connectivity index (χ1v) is 4.93. The van der Waals surface area contributed by atoms with Gasteiger partial charge in [0.1, 0.15) is 6.04 Å². The summed E-state index contributed by atoms with van der Waals surface area (Å²) >= 11 is 0. The van der Waals surface area contributed by atoms with E-state index in [9.17, 15) is 0 Å². The fourth-order valence-corrected chi connectivity index (χ4v) is 1.54. The van der Waals surface area contributed by atoms with Gasteiger partial charge in [-0.25, -0.2) is 0 Å². The molecule has 0 fully saturated rings. The zero-order chi connectivity index (χ0) is 10.7. The van der Waals surface area contributed by atoms with Crippen LogP contribution in [-0.4, -0.2) is 21.3 Å². The van der Waals surface area contributed by atoms with Gasteiger partial charge in [-0.1, -0.05) is 6.07 Å². The number of rotatable bonds is 3. The lowest BCUT2D eigenvalue weighted by Gasteiger charge is -2.14. The van der Waals surface area contributed by atoms with Crippen LogP contribution in [0.25, 0.3) is 0 Å². The van der Waals surface area contributed by atoms with Crippen molar-refractivity contribution < 1.29 is 0 Å². The Morgan fingerprint density at radius 2 is 2.33 bits per heavy atom. The molecule has 0 aliphatic carbocycles. The van der Waals surface area contributed by atoms with Crippen molar-refractivity contribution in [3.8, 4) is 0 Å². The summed E-state index contributed by atoms with van der Waals surface area (Å²) in [5.41, 5.74) is 7.82. The lowest BCUT2D eigenvalue weighted by atomic mass is 10.2. The third kappa shape index (κ3) is 2.05. The summed E-state index contributed by atoms with van der Waals surface area (Å²) in [4.78, 5) is 4.29. The number of pyridine rings is 1. The molecule has 0 spiro atoms. The quantitative estimate of drug-likeness (QED) is 0.811. The topological polar surface area (TPSA) is 56.7 Å². The zero-order valence-electron chi connectivity index (χ0n) is 8.67. The molecule has 0 aliphatic rings. The van der Waals surface area contributed by atoms with Crippen molar-refractivity contribution in [2.75, 3.05) is 6.54 Å². The highest BCUT2D eigenvalue weighted by Gasteiger charge is 2.13. The number of hydrogen-bond acceptors (Lipinski definition) is 3. The molecule has 0 saturated carbocycles. The van der Waals surface area contributed by atoms with Crippen molar-refractivity contribution in [3.63, 3.8) is 0 Å². The molecule has 2 rings (SSSR count). The first kappa shape index (κ1) is 9.86. The Hall–Kier alpha value is -1.68. The molecule has 0 bridgehead atoms. The van der Waals surface area contributed by atoms with Crippen molar-refractivity contribution >= 4 is 0 Å². The van der Waals surface area contributed by atoms with E-state index < -0.39 is 0 Å². The number of aryl methyl sites for hydroxylation is 1. The molecule has 0 saturated heterocycles. The maximum Gasteiger partial charge on any atom is 0.106 e. The highest BCUT2D eigenvalue weighted by Crippen LogP contribution is 2.13. The van der Waals surface area contributed by atoms with Crippen LogP contribution in [0, 0.1) is 6.92 Å². The first-order valence-electron chi connectivity index (χ1n) is 4.93. The van der Waals surface area contributed by atoms with E-state index in [0.717, 1.165) is 11.3 Å². The predicted molar refractivity (Wildman–Crippen MR) is 58.4 cm³/mol. The summed E-state index contributed by atoms with van der Waals surface area (Å²) < 4.78 is 1.86. The van der Waals surface area contributed by atoms with Gasteiger partial charge in [0, 0.05) is 18.9 Å². The standard InChI is InChI=1S/C11H14N4/c1-9-7-14-15(8-9)11(6-12)10-4-2-3-5-13-10/h2-5,7-8,11H,6,12H2,1H3. The number of hydrogen-bond donors (Lipinski definition) is 1. The van der Waals surface area contributed by atoms with Gasteiger partial charge < -0.3 is 5.73 Å². The monoisotopic (exact) mass is 202 g/mol. The zero-order valence-corrected chi connectivity index (χ0v) is 8.67. The molecule has 0 aliphatic heterocycles. The van der Waals surface area contributed by atoms with E-state index in [4.69, 9.17) is 5.73 Å². The van der Waals surface area contributed by atoms with Crippen molar-refractivity contribution in [1.82, 2.24) is 14.8 Å². The molecular weight excluding hydrogens is 188 g/mol. The van der Waals surface area contributed by atoms with E-state index in [2.05, 4.69) is 10.1 Å². The van der Waals surface area contributed by atoms with Crippen LogP contribution in [0.4, 0.5) is 0 Å². The highest BCUT2D eigenvalue weighted by molar-refractivity contribution is 5.12. The third-order valence-electron chi connectivity index (χ3n) is 2.30. The SMILES string of the molecule is Cc1cnn(C(CN)c2ccccn2)c1. The van der Waals surface area contributed by atoms with Gasteiger partial charge in [0.05, 0.1) is 11.9 Å². The van der Waals surface area contributed by atoms with Crippen molar-refractivity contribution in [2.24, 2.45) is 5.73 Å². The molecule has 2 aromatic heterocycles. The van der Waals surface area contributed by atoms with Crippen LogP contribution < -0.4 is 5.73 Å². The Bertz CT molecular complexity index is 421. The van der Waals surface area contributed by atoms with Crippen LogP contribution in [0.15, 0.2) is 36.8 Å². The normalized spacial score (nSPS) is 12.7. The number of aromatic nitrogens is 3. The van der Waals surface area contributed by atoms with Crippen molar-refractivity contribution in [2.45, 2.75) is 13.0 Å². The largest absolute Gasteiger partial charge is 0.328 e. The molecule has 4 heteroatoms. The molecule has 0 amide bonds. The van der Waals surface area contributed by atoms with Gasteiger partial charge in [-0.05, 0) is 24.6 Å². The Balaban J connectivity index is 2.33. The summed E-state index contributed by atoms with van der Waals surface area (Å²) in [5.74, 6) is 0. The number of nitrogens with two attached hydrogens (primary N) is 1. The van der Waals surface area contributed by atoms with E-state index >= 15 is 0 Å². The van der Waals surface area contributed by atoms with Crippen LogP contribution >= 0.6 is 0 Å². The maximum absolute atomic E-state index is 5.75. The molecule has 0 radical (unpaired) electrons. The average Bonchev–Trinajstić information content (AvgIpc) is 2.68. The first-order chi connectivity index (χ1) is 7.31. The molecule has 1 unspecified atom stereocenters. The lowest BCUT2D eigenvalue weighted by Crippen LogP contribution is -2.21. The van der Waals surface area contributed by atoms with E-state index in [1.165, 1.54) is 0 Å². The van der Waals surface area contributed by atoms with E-state index in [1.807, 2.05) is 42.2 Å². The van der Waals surface area contributed by atoms with Crippen molar-refractivity contribution in [3.05, 3.63) is 48.0 Å². The molecule has 1 atom stereocenters. The van der Waals surface area contributed by atoms with E-state index in [1.54, 1.807) is 6.20 Å². The maximum atomic E-state index is 5.75. The molecular formula is C11H14N4. The van der Waals surface area contributed by atoms with Gasteiger partial charge in [-0.15, -0.1) is 0 Å². The van der Waals surface area contributed by atoms with Gasteiger partial charge in [-0.2, -0.15) is 5.10 Å². The third-order valence-corrected chi connectivity index (χ3v) is 2.30. The lowest BCUT2D eigenvalue weighted by molar-refractivity contribution is 0.520. The second-order valence-corrected chi connectivity index (χ2v) is 3.50. The summed E-state index contributed by atoms with van der Waals surface area (Å²) in [6, 6.07) is 5.85. The molecule has 0 aromatic carbocycles. The molecule has 78 valence electrons. The van der Waals surface area contributed by atoms with Gasteiger partial charge in [0.25, 0.3) is 0 Å². The minimum atomic E-state index is 0.0277. The van der Waals surface area contributed by atoms with Gasteiger partial charge >= 0.3 is 0 Å². The highest BCUT2D eigenvalue weighted by atomic mass is 15.3. The smallest absolute Gasteiger partial charge is 0.106 e. The van der Waals surface area contributed by atoms with Crippen LogP contribution in [0.1, 0.15) is 17.3 Å². The molecule has 4 nitrogen and oxygen atoms in total. The molecule has 2 aromatic rings. The summed E-state index contributed by atoms with van der Waals surface area (Å²) in [6.45, 7) is 2.51. The Morgan fingerprint density at radius 3 is 2.87 bits per heavy atom. The summed E-state index contributed by atoms with van der Waals surface area (Å²) in [7, 11) is 0. The molecule has 15 heavy (non-hydrogen) atoms. The second kappa shape index (κ2) is 4.23. The van der Waals surface area contributed by atoms with Crippen LogP contribution in [0.2, 0.25) is 0 Å². The minimum absolute atomic E-state index is 0.0277. The number of nitrogens with zero attached hydrogens (tertiary/aromatic N) is 3. The van der Waals surface area contributed by atoms with E-state index in [0.29, 0.717) is 6.54 Å². The second-order valence-electron chi connectivity index (χ2n) is 3.50. The minimum Gasteiger partial charge on any atom is -0.328 e. The Morgan fingerprint density at radius 1 is 1.47 bits per heavy atom. The summed E-state index contributed by atoms with van der Waals surface area (Å²) in [5, 5.41) is 4.26. The van der Waals surface area contributed by atoms with Crippen molar-refractivity contribution in [1.29, 1.82) is 0 Å². The fourth-order valence-electron chi connectivity index (χ4n) is 1.54. The van der Waals surface area contributed by atoms with Crippen LogP contribution in [0.5, 0.6) is 0 Å². The Labute approximate surface area is 88.8 Å². The van der Waals surface area contributed by atoms with Crippen LogP contribution in [-0.2, 0) is 0 Å². The Kier molecular flexibility index (Phi) is 2.78. The van der Waals surface area contributed by atoms with Gasteiger partial charge in [0.2, 0.25) is 0 Å². The predicted octanol–water partition coefficient (Wildman–Crippen LogP) is 1.13. The van der Waals surface area contributed by atoms with Gasteiger partial charge in [0.15, 0.2) is 0 Å². The molecule has 2 heterocycles. The molecule has 2 N–H and O–H groups in total. The fraction of sp³-hybridized carbons (Fsp3) is 0.273. The van der Waals surface area contributed by atoms with Gasteiger partial charge in [-0.3, -0.25) is 9.67 Å². The van der Waals surface area contributed by atoms with E-state index in [-0.39, 0.29) is 6.04 Å².